The highest BCUT2D eigenvalue weighted by molar-refractivity contribution is 5.65. The van der Waals surface area contributed by atoms with Gasteiger partial charge >= 0.3 is 5.92 Å². The van der Waals surface area contributed by atoms with Crippen molar-refractivity contribution in [2.75, 3.05) is 4.90 Å². The highest BCUT2D eigenvalue weighted by Crippen LogP contribution is 2.55. The molecule has 4 nitrogen and oxygen atoms in total. The van der Waals surface area contributed by atoms with Gasteiger partial charge in [0.15, 0.2) is 0 Å². The summed E-state index contributed by atoms with van der Waals surface area (Å²) in [6.07, 6.45) is -0.886. The number of para-hydroxylation sites is 2. The van der Waals surface area contributed by atoms with Gasteiger partial charge in [-0.1, -0.05) is 67.9 Å². The second kappa shape index (κ2) is 8.79. The first-order valence-corrected chi connectivity index (χ1v) is 10.8. The fourth-order valence-electron chi connectivity index (χ4n) is 4.27. The number of fused-ring (bicyclic) bond motifs is 1. The van der Waals surface area contributed by atoms with E-state index >= 15 is 8.78 Å². The average molecular weight is 440 g/mol. The number of alkyl halides is 2. The maximum absolute atomic E-state index is 16.3. The summed E-state index contributed by atoms with van der Waals surface area (Å²) in [6, 6.07) is 21.6. The van der Waals surface area contributed by atoms with Crippen LogP contribution in [0.25, 0.3) is 0 Å². The molecule has 3 aromatic rings. The Kier molecular flexibility index (Phi) is 6.07. The van der Waals surface area contributed by atoms with Gasteiger partial charge in [-0.25, -0.2) is 0 Å². The molecule has 32 heavy (non-hydrogen) atoms. The average Bonchev–Trinajstić information content (AvgIpc) is 3.13. The lowest BCUT2D eigenvalue weighted by Crippen LogP contribution is -2.64. The van der Waals surface area contributed by atoms with Gasteiger partial charge in [0.05, 0.1) is 5.69 Å². The molecular formula is C26H27F2NO3. The van der Waals surface area contributed by atoms with Crippen LogP contribution in [0.4, 0.5) is 14.5 Å². The number of unbranched alkanes of at least 4 members (excludes halogenated alkanes) is 1. The molecule has 0 amide bonds. The number of nitrogens with zero attached hydrogens (tertiary/aromatic N) is 1. The molecule has 0 radical (unpaired) electrons. The molecule has 0 saturated carbocycles. The van der Waals surface area contributed by atoms with Gasteiger partial charge in [-0.3, -0.25) is 0 Å². The fourth-order valence-corrected chi connectivity index (χ4v) is 4.27. The summed E-state index contributed by atoms with van der Waals surface area (Å²) in [5, 5.41) is 20.4. The highest BCUT2D eigenvalue weighted by Gasteiger charge is 2.66. The van der Waals surface area contributed by atoms with Gasteiger partial charge in [-0.15, -0.1) is 0 Å². The first-order valence-electron chi connectivity index (χ1n) is 10.8. The summed E-state index contributed by atoms with van der Waals surface area (Å²) in [7, 11) is 0. The Bertz CT molecular complexity index is 1040. The molecule has 1 aliphatic rings. The lowest BCUT2D eigenvalue weighted by atomic mass is 9.89. The number of aromatic hydroxyl groups is 1. The first kappa shape index (κ1) is 22.1. The van der Waals surface area contributed by atoms with Crippen LogP contribution in [0.2, 0.25) is 0 Å². The zero-order valence-electron chi connectivity index (χ0n) is 17.9. The quantitative estimate of drug-likeness (QED) is 0.449. The van der Waals surface area contributed by atoms with E-state index in [2.05, 4.69) is 0 Å². The summed E-state index contributed by atoms with van der Waals surface area (Å²) >= 11 is 0. The number of aliphatic hydroxyl groups excluding tert-OH is 1. The first-order chi connectivity index (χ1) is 15.4. The molecule has 0 saturated heterocycles. The van der Waals surface area contributed by atoms with Crippen LogP contribution in [0, 0.1) is 0 Å². The molecule has 1 aliphatic heterocycles. The molecule has 0 aromatic heterocycles. The molecule has 2 N–H and O–H groups in total. The summed E-state index contributed by atoms with van der Waals surface area (Å²) in [6.45, 7) is 2.14. The van der Waals surface area contributed by atoms with E-state index in [1.165, 1.54) is 24.3 Å². The largest absolute Gasteiger partial charge is 0.508 e. The molecule has 0 spiro atoms. The molecule has 1 heterocycles. The Morgan fingerprint density at radius 1 is 0.969 bits per heavy atom. The number of benzene rings is 3. The molecule has 2 atom stereocenters. The molecule has 4 rings (SSSR count). The lowest BCUT2D eigenvalue weighted by Gasteiger charge is -2.45. The predicted molar refractivity (Wildman–Crippen MR) is 120 cm³/mol. The van der Waals surface area contributed by atoms with Crippen molar-refractivity contribution in [3.05, 3.63) is 90.0 Å². The number of hydrogen-bond acceptors (Lipinski definition) is 4. The number of rotatable bonds is 8. The van der Waals surface area contributed by atoms with E-state index in [0.29, 0.717) is 24.3 Å². The number of phenolic OH excluding ortho intramolecular Hbond substituents is 1. The summed E-state index contributed by atoms with van der Waals surface area (Å²) in [5.74, 6) is -3.34. The van der Waals surface area contributed by atoms with Gasteiger partial charge in [0.1, 0.15) is 17.6 Å². The molecule has 0 fully saturated rings. The van der Waals surface area contributed by atoms with Crippen molar-refractivity contribution >= 4 is 5.69 Å². The number of phenols is 1. The number of aliphatic hydroxyl groups is 1. The van der Waals surface area contributed by atoms with E-state index in [4.69, 9.17) is 4.74 Å². The van der Waals surface area contributed by atoms with E-state index in [1.54, 1.807) is 29.2 Å². The van der Waals surface area contributed by atoms with Crippen molar-refractivity contribution in [3.63, 3.8) is 0 Å². The third-order valence-corrected chi connectivity index (χ3v) is 6.00. The number of anilines is 1. The van der Waals surface area contributed by atoms with Crippen LogP contribution in [0.5, 0.6) is 11.5 Å². The van der Waals surface area contributed by atoms with Crippen LogP contribution in [0.3, 0.4) is 0 Å². The SMILES string of the molecule is CCCCC1(C(F)(F)C(O)c2ccc(O)cc2)Oc2ccccc2N1Cc1ccccc1. The van der Waals surface area contributed by atoms with Crippen molar-refractivity contribution in [3.8, 4) is 11.5 Å². The Morgan fingerprint density at radius 2 is 1.62 bits per heavy atom. The maximum Gasteiger partial charge on any atom is 0.334 e. The van der Waals surface area contributed by atoms with E-state index in [9.17, 15) is 10.2 Å². The van der Waals surface area contributed by atoms with Crippen molar-refractivity contribution in [2.45, 2.75) is 50.5 Å². The molecular weight excluding hydrogens is 412 g/mol. The van der Waals surface area contributed by atoms with Crippen LogP contribution in [0.15, 0.2) is 78.9 Å². The van der Waals surface area contributed by atoms with E-state index in [-0.39, 0.29) is 24.3 Å². The van der Waals surface area contributed by atoms with Gasteiger partial charge in [0, 0.05) is 13.0 Å². The molecule has 0 bridgehead atoms. The number of halogens is 2. The van der Waals surface area contributed by atoms with Crippen LogP contribution >= 0.6 is 0 Å². The second-order valence-corrected chi connectivity index (χ2v) is 8.15. The van der Waals surface area contributed by atoms with Gasteiger partial charge in [-0.2, -0.15) is 8.78 Å². The third-order valence-electron chi connectivity index (χ3n) is 6.00. The minimum Gasteiger partial charge on any atom is -0.508 e. The molecule has 168 valence electrons. The Morgan fingerprint density at radius 3 is 2.31 bits per heavy atom. The lowest BCUT2D eigenvalue weighted by molar-refractivity contribution is -0.220. The van der Waals surface area contributed by atoms with Crippen LogP contribution in [-0.2, 0) is 6.54 Å². The second-order valence-electron chi connectivity index (χ2n) is 8.15. The smallest absolute Gasteiger partial charge is 0.334 e. The normalized spacial score (nSPS) is 18.8. The van der Waals surface area contributed by atoms with E-state index < -0.39 is 17.8 Å². The third kappa shape index (κ3) is 3.79. The Hall–Kier alpha value is -3.12. The molecule has 0 aliphatic carbocycles. The standard InChI is InChI=1S/C26H27F2NO3/c1-2-3-17-25(26(27,28)24(31)20-13-15-21(30)16-14-20)29(18-19-9-5-4-6-10-19)22-11-7-8-12-23(22)32-25/h4-16,24,30-31H,2-3,17-18H2,1H3. The Labute approximate surface area is 186 Å². The monoisotopic (exact) mass is 439 g/mol. The summed E-state index contributed by atoms with van der Waals surface area (Å²) in [4.78, 5) is 1.59. The zero-order chi connectivity index (χ0) is 22.8. The van der Waals surface area contributed by atoms with E-state index in [1.807, 2.05) is 37.3 Å². The van der Waals surface area contributed by atoms with Crippen molar-refractivity contribution < 1.29 is 23.7 Å². The van der Waals surface area contributed by atoms with Crippen molar-refractivity contribution in [1.29, 1.82) is 0 Å². The molecule has 2 unspecified atom stereocenters. The molecule has 6 heteroatoms. The zero-order valence-corrected chi connectivity index (χ0v) is 17.9. The van der Waals surface area contributed by atoms with Crippen molar-refractivity contribution in [1.82, 2.24) is 0 Å². The van der Waals surface area contributed by atoms with Crippen LogP contribution in [-0.4, -0.2) is 21.9 Å². The van der Waals surface area contributed by atoms with Crippen molar-refractivity contribution in [2.24, 2.45) is 0 Å². The fraction of sp³-hybridized carbons (Fsp3) is 0.308. The van der Waals surface area contributed by atoms with E-state index in [0.717, 1.165) is 5.56 Å². The van der Waals surface area contributed by atoms with Crippen LogP contribution < -0.4 is 9.64 Å². The van der Waals surface area contributed by atoms with Gasteiger partial charge in [-0.05, 0) is 41.8 Å². The van der Waals surface area contributed by atoms with Gasteiger partial charge in [0.2, 0.25) is 5.72 Å². The topological polar surface area (TPSA) is 52.9 Å². The summed E-state index contributed by atoms with van der Waals surface area (Å²) < 4.78 is 38.7. The highest BCUT2D eigenvalue weighted by atomic mass is 19.3. The minimum absolute atomic E-state index is 0.0166. The van der Waals surface area contributed by atoms with Gasteiger partial charge in [0.25, 0.3) is 0 Å². The number of hydrogen-bond donors (Lipinski definition) is 2. The number of ether oxygens (including phenoxy) is 1. The van der Waals surface area contributed by atoms with Crippen LogP contribution in [0.1, 0.15) is 43.4 Å². The summed E-state index contributed by atoms with van der Waals surface area (Å²) in [5.41, 5.74) is -0.614. The van der Waals surface area contributed by atoms with Gasteiger partial charge < -0.3 is 19.8 Å². The maximum atomic E-state index is 16.3. The predicted octanol–water partition coefficient (Wildman–Crippen LogP) is 6.05. The molecule has 3 aromatic carbocycles. The Balaban J connectivity index is 1.82. The minimum atomic E-state index is -3.66.